The molecular weight excluding hydrogens is 546 g/mol. The Balaban J connectivity index is 1.49. The van der Waals surface area contributed by atoms with E-state index in [4.69, 9.17) is 9.26 Å². The Bertz CT molecular complexity index is 1590. The van der Waals surface area contributed by atoms with E-state index in [0.29, 0.717) is 42.6 Å². The lowest BCUT2D eigenvalue weighted by Crippen LogP contribution is -2.47. The first-order chi connectivity index (χ1) is 19.2. The first-order valence-corrected chi connectivity index (χ1v) is 13.0. The monoisotopic (exact) mass is 575 g/mol. The SMILES string of the molecule is Cc1noc(C)c1-c1nc2[nH]cc(-c3nc(N[C@H]4CCCN(C(=O)OC(C)(C)C)C4)ncc3C(F)(F)F)c2cc1F. The number of nitrogens with one attached hydrogen (secondary N) is 2. The Hall–Kier alpha value is -4.23. The second-order valence-electron chi connectivity index (χ2n) is 11.0. The van der Waals surface area contributed by atoms with E-state index in [0.717, 1.165) is 6.07 Å². The highest BCUT2D eigenvalue weighted by Crippen LogP contribution is 2.40. The zero-order valence-corrected chi connectivity index (χ0v) is 23.1. The number of H-pyrrole nitrogens is 1. The fourth-order valence-electron chi connectivity index (χ4n) is 4.85. The number of hydrogen-bond donors (Lipinski definition) is 2. The van der Waals surface area contributed by atoms with Crippen LogP contribution in [-0.4, -0.2) is 60.8 Å². The van der Waals surface area contributed by atoms with Gasteiger partial charge < -0.3 is 24.5 Å². The highest BCUT2D eigenvalue weighted by Gasteiger charge is 2.37. The zero-order valence-electron chi connectivity index (χ0n) is 23.1. The number of aromatic amines is 1. The molecule has 0 aliphatic carbocycles. The Kier molecular flexibility index (Phi) is 7.12. The number of ether oxygens (including phenoxy) is 1. The van der Waals surface area contributed by atoms with Crippen LogP contribution in [0.15, 0.2) is 23.0 Å². The quantitative estimate of drug-likeness (QED) is 0.274. The van der Waals surface area contributed by atoms with E-state index >= 15 is 4.39 Å². The van der Waals surface area contributed by atoms with Crippen molar-refractivity contribution in [2.24, 2.45) is 0 Å². The highest BCUT2D eigenvalue weighted by atomic mass is 19.4. The number of fused-ring (bicyclic) bond motifs is 1. The minimum absolute atomic E-state index is 0.00788. The number of likely N-dealkylation sites (tertiary alicyclic amines) is 1. The first-order valence-electron chi connectivity index (χ1n) is 13.0. The van der Waals surface area contributed by atoms with Gasteiger partial charge in [0, 0.05) is 42.5 Å². The molecule has 5 rings (SSSR count). The van der Waals surface area contributed by atoms with Gasteiger partial charge >= 0.3 is 12.3 Å². The largest absolute Gasteiger partial charge is 0.444 e. The first kappa shape index (κ1) is 28.3. The lowest BCUT2D eigenvalue weighted by molar-refractivity contribution is -0.137. The predicted octanol–water partition coefficient (Wildman–Crippen LogP) is 6.26. The molecule has 0 spiro atoms. The van der Waals surface area contributed by atoms with Gasteiger partial charge in [0.1, 0.15) is 34.1 Å². The number of hydrogen-bond acceptors (Lipinski definition) is 8. The standard InChI is InChI=1S/C27H29F4N7O3/c1-13-20(14(2)41-37-13)22-19(28)9-16-17(10-32-23(16)35-22)21-18(27(29,30)31)11-33-24(36-21)34-15-7-6-8-38(12-15)25(39)40-26(3,4)5/h9-11,15H,6-8,12H2,1-5H3,(H,32,35)(H,33,34,36)/t15-/m0/s1. The van der Waals surface area contributed by atoms with Crippen LogP contribution in [0.1, 0.15) is 50.6 Å². The van der Waals surface area contributed by atoms with Gasteiger partial charge in [-0.25, -0.2) is 24.1 Å². The van der Waals surface area contributed by atoms with Gasteiger partial charge in [0.05, 0.1) is 17.0 Å². The van der Waals surface area contributed by atoms with E-state index in [-0.39, 0.29) is 40.8 Å². The van der Waals surface area contributed by atoms with Crippen molar-refractivity contribution in [1.82, 2.24) is 30.0 Å². The number of aryl methyl sites for hydroxylation is 2. The van der Waals surface area contributed by atoms with E-state index < -0.39 is 34.9 Å². The third-order valence-corrected chi connectivity index (χ3v) is 6.65. The average molecular weight is 576 g/mol. The van der Waals surface area contributed by atoms with E-state index in [2.05, 4.69) is 30.4 Å². The maximum atomic E-state index is 15.3. The molecule has 1 saturated heterocycles. The molecule has 41 heavy (non-hydrogen) atoms. The number of alkyl halides is 3. The molecule has 1 atom stereocenters. The molecule has 14 heteroatoms. The Labute approximate surface area is 232 Å². The van der Waals surface area contributed by atoms with Gasteiger partial charge in [0.15, 0.2) is 0 Å². The zero-order chi connectivity index (χ0) is 29.7. The maximum absolute atomic E-state index is 15.3. The van der Waals surface area contributed by atoms with Crippen LogP contribution in [0.4, 0.5) is 28.3 Å². The van der Waals surface area contributed by atoms with E-state index in [9.17, 15) is 18.0 Å². The molecule has 5 heterocycles. The van der Waals surface area contributed by atoms with Gasteiger partial charge in [-0.1, -0.05) is 5.16 Å². The summed E-state index contributed by atoms with van der Waals surface area (Å²) in [4.78, 5) is 29.4. The number of carbonyl (C=O) groups is 1. The van der Waals surface area contributed by atoms with Crippen molar-refractivity contribution in [1.29, 1.82) is 0 Å². The van der Waals surface area contributed by atoms with Crippen LogP contribution in [0, 0.1) is 19.7 Å². The third-order valence-electron chi connectivity index (χ3n) is 6.65. The topological polar surface area (TPSA) is 122 Å². The summed E-state index contributed by atoms with van der Waals surface area (Å²) in [5.41, 5.74) is -1.24. The second-order valence-corrected chi connectivity index (χ2v) is 11.0. The van der Waals surface area contributed by atoms with Crippen molar-refractivity contribution in [2.45, 2.75) is 65.3 Å². The minimum atomic E-state index is -4.78. The van der Waals surface area contributed by atoms with E-state index in [1.54, 1.807) is 39.5 Å². The van der Waals surface area contributed by atoms with Crippen molar-refractivity contribution in [3.05, 3.63) is 41.3 Å². The number of anilines is 1. The number of rotatable bonds is 4. The number of pyridine rings is 1. The molecule has 1 amide bonds. The van der Waals surface area contributed by atoms with Gasteiger partial charge in [-0.15, -0.1) is 0 Å². The number of amides is 1. The summed E-state index contributed by atoms with van der Waals surface area (Å²) in [5, 5.41) is 6.99. The lowest BCUT2D eigenvalue weighted by atomic mass is 10.0. The van der Waals surface area contributed by atoms with E-state index in [1.165, 1.54) is 6.20 Å². The molecule has 218 valence electrons. The van der Waals surface area contributed by atoms with Crippen LogP contribution >= 0.6 is 0 Å². The van der Waals surface area contributed by atoms with Gasteiger partial charge in [0.25, 0.3) is 0 Å². The summed E-state index contributed by atoms with van der Waals surface area (Å²) in [7, 11) is 0. The molecule has 1 aliphatic heterocycles. The number of carbonyl (C=O) groups excluding carboxylic acids is 1. The van der Waals surface area contributed by atoms with Crippen LogP contribution in [0.25, 0.3) is 33.5 Å². The fraction of sp³-hybridized carbons (Fsp3) is 0.444. The summed E-state index contributed by atoms with van der Waals surface area (Å²) in [5.74, 6) is -0.448. The summed E-state index contributed by atoms with van der Waals surface area (Å²) in [6.07, 6.45) is -1.95. The summed E-state index contributed by atoms with van der Waals surface area (Å²) in [6.45, 7) is 9.33. The summed E-state index contributed by atoms with van der Waals surface area (Å²) < 4.78 is 68.0. The Morgan fingerprint density at radius 3 is 2.61 bits per heavy atom. The fourth-order valence-corrected chi connectivity index (χ4v) is 4.85. The molecule has 0 bridgehead atoms. The van der Waals surface area contributed by atoms with Crippen molar-refractivity contribution >= 4 is 23.1 Å². The Morgan fingerprint density at radius 2 is 1.95 bits per heavy atom. The van der Waals surface area contributed by atoms with Gasteiger partial charge in [0.2, 0.25) is 5.95 Å². The van der Waals surface area contributed by atoms with Crippen molar-refractivity contribution in [3.63, 3.8) is 0 Å². The molecular formula is C27H29F4N7O3. The smallest absolute Gasteiger partial charge is 0.419 e. The number of piperidine rings is 1. The van der Waals surface area contributed by atoms with Crippen LogP contribution < -0.4 is 5.32 Å². The van der Waals surface area contributed by atoms with Gasteiger partial charge in [-0.2, -0.15) is 13.2 Å². The maximum Gasteiger partial charge on any atom is 0.419 e. The van der Waals surface area contributed by atoms with Crippen LogP contribution in [0.5, 0.6) is 0 Å². The van der Waals surface area contributed by atoms with Crippen LogP contribution in [0.2, 0.25) is 0 Å². The van der Waals surface area contributed by atoms with Crippen molar-refractivity contribution in [2.75, 3.05) is 18.4 Å². The van der Waals surface area contributed by atoms with Crippen molar-refractivity contribution < 1.29 is 31.6 Å². The third kappa shape index (κ3) is 5.81. The van der Waals surface area contributed by atoms with Gasteiger partial charge in [-0.3, -0.25) is 0 Å². The normalized spacial score (nSPS) is 16.3. The predicted molar refractivity (Wildman–Crippen MR) is 142 cm³/mol. The molecule has 2 N–H and O–H groups in total. The number of aromatic nitrogens is 5. The van der Waals surface area contributed by atoms with Crippen LogP contribution in [-0.2, 0) is 10.9 Å². The highest BCUT2D eigenvalue weighted by molar-refractivity contribution is 5.95. The minimum Gasteiger partial charge on any atom is -0.444 e. The molecule has 10 nitrogen and oxygen atoms in total. The van der Waals surface area contributed by atoms with Crippen LogP contribution in [0.3, 0.4) is 0 Å². The molecule has 0 aromatic carbocycles. The lowest BCUT2D eigenvalue weighted by Gasteiger charge is -2.34. The van der Waals surface area contributed by atoms with Gasteiger partial charge in [-0.05, 0) is 53.5 Å². The molecule has 0 radical (unpaired) electrons. The second kappa shape index (κ2) is 10.3. The molecule has 1 aliphatic rings. The molecule has 0 unspecified atom stereocenters. The molecule has 4 aromatic rings. The number of halogens is 4. The summed E-state index contributed by atoms with van der Waals surface area (Å²) in [6, 6.07) is 0.797. The number of nitrogens with zero attached hydrogens (tertiary/aromatic N) is 5. The molecule has 0 saturated carbocycles. The summed E-state index contributed by atoms with van der Waals surface area (Å²) >= 11 is 0. The average Bonchev–Trinajstić information content (AvgIpc) is 3.43. The Morgan fingerprint density at radius 1 is 1.20 bits per heavy atom. The molecule has 4 aromatic heterocycles. The molecule has 1 fully saturated rings. The van der Waals surface area contributed by atoms with E-state index in [1.807, 2.05) is 0 Å². The van der Waals surface area contributed by atoms with Crippen molar-refractivity contribution in [3.8, 4) is 22.5 Å².